The van der Waals surface area contributed by atoms with Crippen LogP contribution in [0, 0.1) is 10.1 Å². The fourth-order valence-corrected chi connectivity index (χ4v) is 3.41. The number of nitro groups is 1. The number of non-ortho nitro benzene ring substituents is 1. The highest BCUT2D eigenvalue weighted by atomic mass is 16.6. The lowest BCUT2D eigenvalue weighted by atomic mass is 10.1. The van der Waals surface area contributed by atoms with Gasteiger partial charge < -0.3 is 24.6 Å². The average Bonchev–Trinajstić information content (AvgIpc) is 3.06. The highest BCUT2D eigenvalue weighted by molar-refractivity contribution is 5.82. The number of rotatable bonds is 4. The van der Waals surface area contributed by atoms with Crippen LogP contribution >= 0.6 is 0 Å². The zero-order valence-corrected chi connectivity index (χ0v) is 17.2. The van der Waals surface area contributed by atoms with Crippen molar-refractivity contribution in [3.05, 3.63) is 33.9 Å². The Morgan fingerprint density at radius 3 is 2.79 bits per heavy atom. The van der Waals surface area contributed by atoms with Crippen LogP contribution in [0.15, 0.2) is 23.2 Å². The zero-order chi connectivity index (χ0) is 21.2. The normalized spacial score (nSPS) is 18.8. The van der Waals surface area contributed by atoms with Crippen LogP contribution in [0.1, 0.15) is 26.3 Å². The smallest absolute Gasteiger partial charge is 0.410 e. The highest BCUT2D eigenvalue weighted by Gasteiger charge is 2.36. The van der Waals surface area contributed by atoms with E-state index in [9.17, 15) is 14.9 Å². The number of fused-ring (bicyclic) bond motifs is 1. The molecule has 29 heavy (non-hydrogen) atoms. The number of nitro benzene ring substituents is 1. The van der Waals surface area contributed by atoms with E-state index < -0.39 is 10.5 Å². The van der Waals surface area contributed by atoms with Gasteiger partial charge in [-0.3, -0.25) is 15.1 Å². The Balaban J connectivity index is 1.60. The predicted octanol–water partition coefficient (Wildman–Crippen LogP) is 1.98. The number of nitrogens with one attached hydrogen (secondary N) is 1. The van der Waals surface area contributed by atoms with E-state index in [0.717, 1.165) is 5.96 Å². The lowest BCUT2D eigenvalue weighted by Crippen LogP contribution is -2.57. The van der Waals surface area contributed by atoms with Crippen LogP contribution < -0.4 is 10.1 Å². The maximum atomic E-state index is 12.3. The Bertz CT molecular complexity index is 820. The van der Waals surface area contributed by atoms with Crippen LogP contribution in [0.25, 0.3) is 0 Å². The summed E-state index contributed by atoms with van der Waals surface area (Å²) in [5.41, 5.74) is 0.171. The van der Waals surface area contributed by atoms with Gasteiger partial charge in [-0.05, 0) is 26.8 Å². The predicted molar refractivity (Wildman–Crippen MR) is 107 cm³/mol. The number of aliphatic imine (C=N–C) groups is 1. The summed E-state index contributed by atoms with van der Waals surface area (Å²) < 4.78 is 10.8. The third-order valence-corrected chi connectivity index (χ3v) is 4.77. The molecule has 1 fully saturated rings. The van der Waals surface area contributed by atoms with Gasteiger partial charge in [-0.2, -0.15) is 0 Å². The highest BCUT2D eigenvalue weighted by Crippen LogP contribution is 2.24. The van der Waals surface area contributed by atoms with Crippen LogP contribution in [0.5, 0.6) is 5.75 Å². The van der Waals surface area contributed by atoms with Gasteiger partial charge in [-0.25, -0.2) is 4.79 Å². The van der Waals surface area contributed by atoms with Crippen molar-refractivity contribution in [3.8, 4) is 5.75 Å². The summed E-state index contributed by atoms with van der Waals surface area (Å²) in [6.07, 6.45) is -0.306. The standard InChI is InChI=1S/C19H27N5O5/c1-19(2,3)29-18(25)22-7-8-23-15(12-22)11-21-17(23)20-10-13-9-14(24(26)27)5-6-16(13)28-4/h5-6,9,15H,7-8,10-12H2,1-4H3,(H,20,21). The van der Waals surface area contributed by atoms with Crippen molar-refractivity contribution < 1.29 is 19.2 Å². The Labute approximate surface area is 169 Å². The number of amides is 1. The molecule has 10 heteroatoms. The molecular weight excluding hydrogens is 378 g/mol. The number of methoxy groups -OCH3 is 1. The van der Waals surface area contributed by atoms with Gasteiger partial charge in [0, 0.05) is 43.9 Å². The van der Waals surface area contributed by atoms with Gasteiger partial charge in [-0.1, -0.05) is 0 Å². The van der Waals surface area contributed by atoms with Crippen molar-refractivity contribution >= 4 is 17.7 Å². The third-order valence-electron chi connectivity index (χ3n) is 4.77. The van der Waals surface area contributed by atoms with E-state index in [1.54, 1.807) is 11.0 Å². The second kappa shape index (κ2) is 8.14. The van der Waals surface area contributed by atoms with Gasteiger partial charge in [0.05, 0.1) is 24.6 Å². The van der Waals surface area contributed by atoms with E-state index in [0.29, 0.717) is 44.0 Å². The molecule has 1 amide bonds. The Kier molecular flexibility index (Phi) is 5.81. The number of hydrogen-bond acceptors (Lipinski definition) is 8. The number of guanidine groups is 1. The first kappa shape index (κ1) is 20.7. The third kappa shape index (κ3) is 4.87. The van der Waals surface area contributed by atoms with Crippen molar-refractivity contribution in [1.82, 2.24) is 15.1 Å². The van der Waals surface area contributed by atoms with Crippen LogP contribution in [0.3, 0.4) is 0 Å². The number of hydrogen-bond donors (Lipinski definition) is 1. The summed E-state index contributed by atoms with van der Waals surface area (Å²) in [5, 5.41) is 14.3. The first-order valence-electron chi connectivity index (χ1n) is 9.52. The molecule has 1 aromatic carbocycles. The number of carbonyl (C=O) groups excluding carboxylic acids is 1. The van der Waals surface area contributed by atoms with E-state index in [4.69, 9.17) is 9.47 Å². The largest absolute Gasteiger partial charge is 0.496 e. The van der Waals surface area contributed by atoms with Gasteiger partial charge in [0.2, 0.25) is 0 Å². The SMILES string of the molecule is COc1ccc([N+](=O)[O-])cc1CNC1=NCC2CN(C(=O)OC(C)(C)C)CCN12. The molecule has 158 valence electrons. The van der Waals surface area contributed by atoms with E-state index in [-0.39, 0.29) is 17.8 Å². The molecule has 10 nitrogen and oxygen atoms in total. The second-order valence-electron chi connectivity index (χ2n) is 8.04. The minimum atomic E-state index is -0.523. The maximum Gasteiger partial charge on any atom is 0.410 e. The number of nitrogens with zero attached hydrogens (tertiary/aromatic N) is 4. The molecule has 2 aliphatic heterocycles. The van der Waals surface area contributed by atoms with E-state index in [1.807, 2.05) is 20.8 Å². The molecule has 1 N–H and O–H groups in total. The number of carbonyl (C=O) groups is 1. The fraction of sp³-hybridized carbons (Fsp3) is 0.579. The van der Waals surface area contributed by atoms with Crippen LogP contribution in [-0.2, 0) is 11.3 Å². The quantitative estimate of drug-likeness (QED) is 0.602. The molecule has 1 unspecified atom stereocenters. The molecule has 0 radical (unpaired) electrons. The molecule has 0 aliphatic carbocycles. The minimum absolute atomic E-state index is 0.0137. The molecule has 3 rings (SSSR count). The Hall–Kier alpha value is -3.04. The molecular formula is C19H27N5O5. The van der Waals surface area contributed by atoms with E-state index in [1.165, 1.54) is 19.2 Å². The second-order valence-corrected chi connectivity index (χ2v) is 8.04. The monoisotopic (exact) mass is 405 g/mol. The summed E-state index contributed by atoms with van der Waals surface area (Å²) in [4.78, 5) is 31.3. The number of piperazine rings is 1. The van der Waals surface area contributed by atoms with Crippen LogP contribution in [-0.4, -0.2) is 71.7 Å². The first-order valence-corrected chi connectivity index (χ1v) is 9.52. The molecule has 0 aromatic heterocycles. The minimum Gasteiger partial charge on any atom is -0.496 e. The van der Waals surface area contributed by atoms with Crippen LogP contribution in [0.4, 0.5) is 10.5 Å². The van der Waals surface area contributed by atoms with Crippen molar-refractivity contribution in [3.63, 3.8) is 0 Å². The van der Waals surface area contributed by atoms with E-state index >= 15 is 0 Å². The Morgan fingerprint density at radius 1 is 1.38 bits per heavy atom. The summed E-state index contributed by atoms with van der Waals surface area (Å²) in [5.74, 6) is 1.31. The van der Waals surface area contributed by atoms with Crippen molar-refractivity contribution in [2.45, 2.75) is 39.0 Å². The lowest BCUT2D eigenvalue weighted by molar-refractivity contribution is -0.384. The van der Waals surface area contributed by atoms with Gasteiger partial charge in [0.15, 0.2) is 5.96 Å². The topological polar surface area (TPSA) is 110 Å². The van der Waals surface area contributed by atoms with Crippen molar-refractivity contribution in [2.24, 2.45) is 4.99 Å². The molecule has 1 saturated heterocycles. The van der Waals surface area contributed by atoms with Gasteiger partial charge in [-0.15, -0.1) is 0 Å². The number of benzene rings is 1. The van der Waals surface area contributed by atoms with Crippen molar-refractivity contribution in [2.75, 3.05) is 33.3 Å². The Morgan fingerprint density at radius 2 is 2.14 bits per heavy atom. The molecule has 2 heterocycles. The fourth-order valence-electron chi connectivity index (χ4n) is 3.41. The molecule has 1 aromatic rings. The molecule has 0 bridgehead atoms. The first-order chi connectivity index (χ1) is 13.7. The molecule has 0 spiro atoms. The van der Waals surface area contributed by atoms with Gasteiger partial charge >= 0.3 is 6.09 Å². The summed E-state index contributed by atoms with van der Waals surface area (Å²) >= 11 is 0. The summed E-state index contributed by atoms with van der Waals surface area (Å²) in [6.45, 7) is 8.21. The van der Waals surface area contributed by atoms with Crippen molar-refractivity contribution in [1.29, 1.82) is 0 Å². The molecule has 0 saturated carbocycles. The van der Waals surface area contributed by atoms with Gasteiger partial charge in [0.1, 0.15) is 11.4 Å². The zero-order valence-electron chi connectivity index (χ0n) is 17.2. The molecule has 2 aliphatic rings. The summed E-state index contributed by atoms with van der Waals surface area (Å²) in [6, 6.07) is 4.60. The van der Waals surface area contributed by atoms with Gasteiger partial charge in [0.25, 0.3) is 5.69 Å². The number of ether oxygens (including phenoxy) is 2. The lowest BCUT2D eigenvalue weighted by Gasteiger charge is -2.39. The average molecular weight is 405 g/mol. The molecule has 1 atom stereocenters. The summed E-state index contributed by atoms with van der Waals surface area (Å²) in [7, 11) is 1.53. The van der Waals surface area contributed by atoms with Crippen LogP contribution in [0.2, 0.25) is 0 Å². The van der Waals surface area contributed by atoms with E-state index in [2.05, 4.69) is 15.2 Å². The maximum absolute atomic E-state index is 12.3.